The van der Waals surface area contributed by atoms with E-state index in [2.05, 4.69) is 39.5 Å². The molecule has 25 heavy (non-hydrogen) atoms. The van der Waals surface area contributed by atoms with E-state index in [1.165, 1.54) is 70.6 Å². The third kappa shape index (κ3) is 5.52. The van der Waals surface area contributed by atoms with Crippen LogP contribution in [0.3, 0.4) is 0 Å². The molecule has 0 N–H and O–H groups in total. The summed E-state index contributed by atoms with van der Waals surface area (Å²) >= 11 is 0. The zero-order chi connectivity index (χ0) is 17.8. The molecule has 0 spiro atoms. The molecule has 0 aromatic carbocycles. The summed E-state index contributed by atoms with van der Waals surface area (Å²) in [5.41, 5.74) is 0. The molecule has 0 bridgehead atoms. The van der Waals surface area contributed by atoms with Crippen LogP contribution in [-0.4, -0.2) is 0 Å². The molecule has 3 saturated carbocycles. The highest BCUT2D eigenvalue weighted by atomic mass is 14.3. The van der Waals surface area contributed by atoms with Crippen molar-refractivity contribution >= 4 is 0 Å². The first-order valence-corrected chi connectivity index (χ1v) is 11.4. The second-order valence-corrected chi connectivity index (χ2v) is 10.1. The van der Waals surface area contributed by atoms with Gasteiger partial charge in [0.1, 0.15) is 0 Å². The zero-order valence-corrected chi connectivity index (χ0v) is 17.3. The van der Waals surface area contributed by atoms with Crippen LogP contribution in [0.1, 0.15) is 98.3 Å². The van der Waals surface area contributed by atoms with E-state index in [-0.39, 0.29) is 0 Å². The molecule has 3 aliphatic carbocycles. The van der Waals surface area contributed by atoms with Gasteiger partial charge in [0.15, 0.2) is 0 Å². The Hall–Kier alpha value is -0.440. The van der Waals surface area contributed by atoms with Crippen molar-refractivity contribution in [1.29, 1.82) is 0 Å². The van der Waals surface area contributed by atoms with Gasteiger partial charge in [0.05, 0.1) is 0 Å². The predicted octanol–water partition coefficient (Wildman–Crippen LogP) is 7.29. The van der Waals surface area contributed by atoms with E-state index in [0.29, 0.717) is 11.8 Å². The summed E-state index contributed by atoms with van der Waals surface area (Å²) in [4.78, 5) is 0. The molecular weight excluding hydrogens is 300 g/mol. The van der Waals surface area contributed by atoms with Gasteiger partial charge in [-0.2, -0.15) is 0 Å². The van der Waals surface area contributed by atoms with Gasteiger partial charge in [0.25, 0.3) is 0 Å². The van der Waals surface area contributed by atoms with Crippen LogP contribution in [-0.2, 0) is 0 Å². The maximum Gasteiger partial charge on any atom is 0.0208 e. The second-order valence-electron chi connectivity index (χ2n) is 10.1. The quantitative estimate of drug-likeness (QED) is 0.463. The lowest BCUT2D eigenvalue weighted by Crippen LogP contribution is -2.27. The van der Waals surface area contributed by atoms with Crippen molar-refractivity contribution in [3.63, 3.8) is 0 Å². The smallest absolute Gasteiger partial charge is 0.0208 e. The standard InChI is InChI=1S/C25H41/c1-18-5-7-23(8-6-18)17-24-12-9-22(10-13-24)11-14-25-15-19(2)21(4)20(3)16-25/h18-22,24-25H,5-10,12-13,15-17H2,1-4H3. The van der Waals surface area contributed by atoms with Crippen LogP contribution >= 0.6 is 0 Å². The molecule has 1 radical (unpaired) electrons. The monoisotopic (exact) mass is 341 g/mol. The van der Waals surface area contributed by atoms with Gasteiger partial charge in [0.2, 0.25) is 0 Å². The van der Waals surface area contributed by atoms with Crippen LogP contribution in [0.5, 0.6) is 0 Å². The van der Waals surface area contributed by atoms with Gasteiger partial charge in [0, 0.05) is 11.8 Å². The molecule has 2 atom stereocenters. The zero-order valence-electron chi connectivity index (χ0n) is 17.3. The number of hydrogen-bond acceptors (Lipinski definition) is 0. The van der Waals surface area contributed by atoms with Gasteiger partial charge in [-0.25, -0.2) is 0 Å². The van der Waals surface area contributed by atoms with E-state index in [9.17, 15) is 0 Å². The van der Waals surface area contributed by atoms with Crippen molar-refractivity contribution in [2.24, 2.45) is 41.4 Å². The summed E-state index contributed by atoms with van der Waals surface area (Å²) in [5.74, 6) is 15.3. The minimum Gasteiger partial charge on any atom is -0.0996 e. The summed E-state index contributed by atoms with van der Waals surface area (Å²) in [6.45, 7) is 9.73. The normalized spacial score (nSPS) is 41.1. The molecule has 0 aliphatic heterocycles. The van der Waals surface area contributed by atoms with Crippen molar-refractivity contribution < 1.29 is 0 Å². The van der Waals surface area contributed by atoms with Gasteiger partial charge >= 0.3 is 0 Å². The Kier molecular flexibility index (Phi) is 6.93. The van der Waals surface area contributed by atoms with Crippen LogP contribution in [0.15, 0.2) is 0 Å². The Morgan fingerprint density at radius 1 is 0.720 bits per heavy atom. The molecule has 0 heterocycles. The van der Waals surface area contributed by atoms with Gasteiger partial charge in [-0.3, -0.25) is 0 Å². The lowest BCUT2D eigenvalue weighted by atomic mass is 9.70. The van der Waals surface area contributed by atoms with Crippen LogP contribution in [0.2, 0.25) is 0 Å². The fraction of sp³-hybridized carbons (Fsp3) is 0.880. The first-order valence-electron chi connectivity index (χ1n) is 11.4. The summed E-state index contributed by atoms with van der Waals surface area (Å²) in [5, 5.41) is 0. The van der Waals surface area contributed by atoms with Crippen molar-refractivity contribution in [2.75, 3.05) is 0 Å². The van der Waals surface area contributed by atoms with E-state index in [1.54, 1.807) is 0 Å². The van der Waals surface area contributed by atoms with Gasteiger partial charge < -0.3 is 0 Å². The minimum atomic E-state index is 0.679. The third-order valence-corrected chi connectivity index (χ3v) is 8.00. The topological polar surface area (TPSA) is 0 Å². The maximum absolute atomic E-state index is 3.72. The molecule has 141 valence electrons. The Labute approximate surface area is 157 Å². The van der Waals surface area contributed by atoms with E-state index >= 15 is 0 Å². The van der Waals surface area contributed by atoms with Crippen molar-refractivity contribution in [3.05, 3.63) is 5.92 Å². The van der Waals surface area contributed by atoms with Crippen LogP contribution in [0.25, 0.3) is 0 Å². The Balaban J connectivity index is 1.40. The molecule has 0 nitrogen and oxygen atoms in total. The first kappa shape index (κ1) is 19.3. The number of rotatable bonds is 2. The van der Waals surface area contributed by atoms with Crippen LogP contribution < -0.4 is 0 Å². The first-order chi connectivity index (χ1) is 12.0. The van der Waals surface area contributed by atoms with E-state index in [4.69, 9.17) is 0 Å². The molecule has 3 rings (SSSR count). The summed E-state index contributed by atoms with van der Waals surface area (Å²) in [6.07, 6.45) is 15.5. The maximum atomic E-state index is 3.72. The summed E-state index contributed by atoms with van der Waals surface area (Å²) in [6, 6.07) is 0. The highest BCUT2D eigenvalue weighted by Gasteiger charge is 2.29. The Morgan fingerprint density at radius 2 is 1.28 bits per heavy atom. The van der Waals surface area contributed by atoms with Gasteiger partial charge in [-0.05, 0) is 93.3 Å². The molecular formula is C25H41. The second kappa shape index (κ2) is 8.97. The fourth-order valence-electron chi connectivity index (χ4n) is 5.63. The van der Waals surface area contributed by atoms with Gasteiger partial charge in [-0.15, -0.1) is 0 Å². The minimum absolute atomic E-state index is 0.679. The fourth-order valence-corrected chi connectivity index (χ4v) is 5.63. The Bertz CT molecular complexity index is 438. The highest BCUT2D eigenvalue weighted by molar-refractivity contribution is 5.10. The largest absolute Gasteiger partial charge is 0.0996 e. The number of hydrogen-bond donors (Lipinski definition) is 0. The van der Waals surface area contributed by atoms with E-state index in [0.717, 1.165) is 29.6 Å². The van der Waals surface area contributed by atoms with E-state index in [1.807, 2.05) is 5.92 Å². The van der Waals surface area contributed by atoms with E-state index < -0.39 is 0 Å². The average Bonchev–Trinajstić information content (AvgIpc) is 2.61. The molecule has 3 aliphatic rings. The lowest BCUT2D eigenvalue weighted by Gasteiger charge is -2.35. The lowest BCUT2D eigenvalue weighted by molar-refractivity contribution is 0.168. The molecule has 0 aromatic rings. The molecule has 0 aromatic heterocycles. The van der Waals surface area contributed by atoms with Crippen molar-refractivity contribution in [3.8, 4) is 11.8 Å². The van der Waals surface area contributed by atoms with Gasteiger partial charge in [-0.1, -0.05) is 52.4 Å². The Morgan fingerprint density at radius 3 is 1.88 bits per heavy atom. The molecule has 2 unspecified atom stereocenters. The average molecular weight is 342 g/mol. The summed E-state index contributed by atoms with van der Waals surface area (Å²) < 4.78 is 0. The predicted molar refractivity (Wildman–Crippen MR) is 109 cm³/mol. The molecule has 0 saturated heterocycles. The molecule has 0 amide bonds. The SMILES string of the molecule is CC1CC[C](CC2CCC(C#CC3CC(C)C(C)C(C)C3)CC2)CC1. The van der Waals surface area contributed by atoms with Crippen molar-refractivity contribution in [1.82, 2.24) is 0 Å². The van der Waals surface area contributed by atoms with Crippen LogP contribution in [0.4, 0.5) is 0 Å². The molecule has 3 fully saturated rings. The summed E-state index contributed by atoms with van der Waals surface area (Å²) in [7, 11) is 0. The highest BCUT2D eigenvalue weighted by Crippen LogP contribution is 2.40. The van der Waals surface area contributed by atoms with Crippen molar-refractivity contribution in [2.45, 2.75) is 98.3 Å². The molecule has 0 heteroatoms. The van der Waals surface area contributed by atoms with Crippen LogP contribution in [0, 0.1) is 59.2 Å². The third-order valence-electron chi connectivity index (χ3n) is 8.00.